The lowest BCUT2D eigenvalue weighted by Crippen LogP contribution is -2.32. The molecule has 1 amide bonds. The van der Waals surface area contributed by atoms with Crippen molar-refractivity contribution >= 4 is 39.2 Å². The maximum atomic E-state index is 13.3. The largest absolute Gasteiger partial charge is 0.338 e. The van der Waals surface area contributed by atoms with Gasteiger partial charge in [-0.1, -0.05) is 60.3 Å². The summed E-state index contributed by atoms with van der Waals surface area (Å²) in [4.78, 5) is 32.8. The fourth-order valence-corrected chi connectivity index (χ4v) is 5.08. The SMILES string of the molecule is CCN(Cc1ccccc1)C(=O)CSc1nc2ccsc2c(=O)n1-c1ccccc1C. The summed E-state index contributed by atoms with van der Waals surface area (Å²) < 4.78 is 2.26. The van der Waals surface area contributed by atoms with Gasteiger partial charge in [-0.15, -0.1) is 11.3 Å². The van der Waals surface area contributed by atoms with Crippen molar-refractivity contribution in [2.45, 2.75) is 25.5 Å². The van der Waals surface area contributed by atoms with Crippen LogP contribution in [-0.4, -0.2) is 32.7 Å². The van der Waals surface area contributed by atoms with Crippen LogP contribution in [0.2, 0.25) is 0 Å². The Hall–Kier alpha value is -2.90. The van der Waals surface area contributed by atoms with Crippen molar-refractivity contribution in [3.05, 3.63) is 87.5 Å². The first kappa shape index (κ1) is 21.3. The van der Waals surface area contributed by atoms with Gasteiger partial charge in [0.1, 0.15) is 4.70 Å². The van der Waals surface area contributed by atoms with Crippen molar-refractivity contribution in [3.63, 3.8) is 0 Å². The number of carbonyl (C=O) groups is 1. The fourth-order valence-electron chi connectivity index (χ4n) is 3.41. The van der Waals surface area contributed by atoms with Gasteiger partial charge in [0.2, 0.25) is 5.91 Å². The number of amides is 1. The zero-order valence-electron chi connectivity index (χ0n) is 17.4. The number of thioether (sulfide) groups is 1. The number of para-hydroxylation sites is 1. The molecular weight excluding hydrogens is 426 g/mol. The Morgan fingerprint density at radius 3 is 2.58 bits per heavy atom. The molecule has 2 aromatic carbocycles. The lowest BCUT2D eigenvalue weighted by molar-refractivity contribution is -0.128. The van der Waals surface area contributed by atoms with Crippen molar-refractivity contribution in [2.24, 2.45) is 0 Å². The second-order valence-electron chi connectivity index (χ2n) is 7.14. The highest BCUT2D eigenvalue weighted by atomic mass is 32.2. The zero-order valence-corrected chi connectivity index (χ0v) is 19.1. The normalized spacial score (nSPS) is 11.0. The molecule has 0 saturated carbocycles. The van der Waals surface area contributed by atoms with Gasteiger partial charge < -0.3 is 4.90 Å². The van der Waals surface area contributed by atoms with Gasteiger partial charge in [-0.05, 0) is 42.5 Å². The number of aryl methyl sites for hydroxylation is 1. The van der Waals surface area contributed by atoms with E-state index < -0.39 is 0 Å². The van der Waals surface area contributed by atoms with E-state index >= 15 is 0 Å². The summed E-state index contributed by atoms with van der Waals surface area (Å²) in [5.74, 6) is 0.238. The number of benzene rings is 2. The minimum Gasteiger partial charge on any atom is -0.338 e. The van der Waals surface area contributed by atoms with Gasteiger partial charge in [0.25, 0.3) is 5.56 Å². The quantitative estimate of drug-likeness (QED) is 0.298. The molecule has 0 radical (unpaired) electrons. The van der Waals surface area contributed by atoms with E-state index in [0.717, 1.165) is 16.8 Å². The van der Waals surface area contributed by atoms with Gasteiger partial charge in [0, 0.05) is 13.1 Å². The summed E-state index contributed by atoms with van der Waals surface area (Å²) in [6.07, 6.45) is 0. The molecule has 2 aromatic heterocycles. The van der Waals surface area contributed by atoms with Crippen molar-refractivity contribution in [2.75, 3.05) is 12.3 Å². The third-order valence-corrected chi connectivity index (χ3v) is 6.90. The smallest absolute Gasteiger partial charge is 0.276 e. The van der Waals surface area contributed by atoms with Crippen LogP contribution < -0.4 is 5.56 Å². The summed E-state index contributed by atoms with van der Waals surface area (Å²) in [6, 6.07) is 19.5. The fraction of sp³-hybridized carbons (Fsp3) is 0.208. The summed E-state index contributed by atoms with van der Waals surface area (Å²) in [5.41, 5.74) is 3.45. The molecule has 0 unspecified atom stereocenters. The number of rotatable bonds is 7. The van der Waals surface area contributed by atoms with Gasteiger partial charge in [0.15, 0.2) is 5.16 Å². The summed E-state index contributed by atoms with van der Waals surface area (Å²) in [7, 11) is 0. The number of hydrogen-bond donors (Lipinski definition) is 0. The molecule has 7 heteroatoms. The van der Waals surface area contributed by atoms with E-state index in [1.165, 1.54) is 23.1 Å². The Bertz CT molecular complexity index is 1260. The Kier molecular flexibility index (Phi) is 6.53. The molecule has 2 heterocycles. The lowest BCUT2D eigenvalue weighted by atomic mass is 10.2. The number of aromatic nitrogens is 2. The third kappa shape index (κ3) is 4.57. The average Bonchev–Trinajstić information content (AvgIpc) is 3.26. The van der Waals surface area contributed by atoms with E-state index in [0.29, 0.717) is 28.5 Å². The first-order chi connectivity index (χ1) is 15.1. The monoisotopic (exact) mass is 449 g/mol. The van der Waals surface area contributed by atoms with Crippen LogP contribution in [0.4, 0.5) is 0 Å². The molecule has 4 aromatic rings. The zero-order chi connectivity index (χ0) is 21.8. The maximum absolute atomic E-state index is 13.3. The molecular formula is C24H23N3O2S2. The van der Waals surface area contributed by atoms with Crippen LogP contribution >= 0.6 is 23.1 Å². The van der Waals surface area contributed by atoms with E-state index in [2.05, 4.69) is 0 Å². The van der Waals surface area contributed by atoms with E-state index in [1.807, 2.05) is 84.8 Å². The van der Waals surface area contributed by atoms with Crippen LogP contribution in [0.5, 0.6) is 0 Å². The third-order valence-electron chi connectivity index (χ3n) is 5.08. The van der Waals surface area contributed by atoms with Crippen molar-refractivity contribution in [3.8, 4) is 5.69 Å². The summed E-state index contributed by atoms with van der Waals surface area (Å²) in [5, 5.41) is 2.41. The first-order valence-electron chi connectivity index (χ1n) is 10.1. The molecule has 0 saturated heterocycles. The highest BCUT2D eigenvalue weighted by Crippen LogP contribution is 2.25. The molecule has 0 aliphatic rings. The minimum absolute atomic E-state index is 0.0207. The molecule has 0 aliphatic carbocycles. The number of carbonyl (C=O) groups excluding carboxylic acids is 1. The summed E-state index contributed by atoms with van der Waals surface area (Å²) in [6.45, 7) is 5.14. The van der Waals surface area contributed by atoms with E-state index in [-0.39, 0.29) is 17.2 Å². The number of hydrogen-bond acceptors (Lipinski definition) is 5. The second kappa shape index (κ2) is 9.49. The number of thiophene rings is 1. The molecule has 0 atom stereocenters. The Morgan fingerprint density at radius 2 is 1.84 bits per heavy atom. The Balaban J connectivity index is 1.63. The molecule has 4 rings (SSSR count). The molecule has 0 N–H and O–H groups in total. The Labute approximate surface area is 189 Å². The Morgan fingerprint density at radius 1 is 1.10 bits per heavy atom. The van der Waals surface area contributed by atoms with Crippen LogP contribution in [0, 0.1) is 6.92 Å². The van der Waals surface area contributed by atoms with Crippen LogP contribution in [-0.2, 0) is 11.3 Å². The molecule has 0 aliphatic heterocycles. The molecule has 158 valence electrons. The molecule has 0 spiro atoms. The van der Waals surface area contributed by atoms with Crippen LogP contribution in [0.1, 0.15) is 18.1 Å². The first-order valence-corrected chi connectivity index (χ1v) is 12.0. The lowest BCUT2D eigenvalue weighted by Gasteiger charge is -2.21. The maximum Gasteiger partial charge on any atom is 0.276 e. The standard InChI is InChI=1S/C24H23N3O2S2/c1-3-26(15-18-10-5-4-6-11-18)21(28)16-31-24-25-19-13-14-30-22(19)23(29)27(24)20-12-8-7-9-17(20)2/h4-14H,3,15-16H2,1-2H3. The number of nitrogens with zero attached hydrogens (tertiary/aromatic N) is 3. The number of fused-ring (bicyclic) bond motifs is 1. The van der Waals surface area contributed by atoms with Gasteiger partial charge >= 0.3 is 0 Å². The molecule has 0 fully saturated rings. The van der Waals surface area contributed by atoms with Crippen molar-refractivity contribution in [1.82, 2.24) is 14.5 Å². The predicted octanol–water partition coefficient (Wildman–Crippen LogP) is 4.90. The molecule has 0 bridgehead atoms. The highest BCUT2D eigenvalue weighted by Gasteiger charge is 2.18. The second-order valence-corrected chi connectivity index (χ2v) is 9.00. The van der Waals surface area contributed by atoms with Crippen molar-refractivity contribution < 1.29 is 4.79 Å². The highest BCUT2D eigenvalue weighted by molar-refractivity contribution is 7.99. The van der Waals surface area contributed by atoms with Gasteiger partial charge in [-0.2, -0.15) is 0 Å². The van der Waals surface area contributed by atoms with Crippen LogP contribution in [0.3, 0.4) is 0 Å². The van der Waals surface area contributed by atoms with E-state index in [1.54, 1.807) is 4.57 Å². The van der Waals surface area contributed by atoms with E-state index in [4.69, 9.17) is 4.98 Å². The topological polar surface area (TPSA) is 55.2 Å². The molecule has 5 nitrogen and oxygen atoms in total. The minimum atomic E-state index is -0.0964. The van der Waals surface area contributed by atoms with Crippen molar-refractivity contribution in [1.29, 1.82) is 0 Å². The van der Waals surface area contributed by atoms with Gasteiger partial charge in [-0.25, -0.2) is 4.98 Å². The van der Waals surface area contributed by atoms with Crippen LogP contribution in [0.15, 0.2) is 76.0 Å². The van der Waals surface area contributed by atoms with Gasteiger partial charge in [0.05, 0.1) is 17.0 Å². The van der Waals surface area contributed by atoms with E-state index in [9.17, 15) is 9.59 Å². The molecule has 31 heavy (non-hydrogen) atoms. The summed E-state index contributed by atoms with van der Waals surface area (Å²) >= 11 is 2.70. The average molecular weight is 450 g/mol. The predicted molar refractivity (Wildman–Crippen MR) is 128 cm³/mol. The van der Waals surface area contributed by atoms with Gasteiger partial charge in [-0.3, -0.25) is 14.2 Å². The van der Waals surface area contributed by atoms with Crippen LogP contribution in [0.25, 0.3) is 15.9 Å².